The van der Waals surface area contributed by atoms with Crippen LogP contribution < -0.4 is 5.56 Å². The van der Waals surface area contributed by atoms with Gasteiger partial charge in [-0.1, -0.05) is 19.3 Å². The van der Waals surface area contributed by atoms with Crippen LogP contribution in [0.15, 0.2) is 35.4 Å². The van der Waals surface area contributed by atoms with E-state index in [0.717, 1.165) is 42.5 Å². The summed E-state index contributed by atoms with van der Waals surface area (Å²) in [5.74, 6) is -0.136. The lowest BCUT2D eigenvalue weighted by molar-refractivity contribution is 0.0611. The Morgan fingerprint density at radius 2 is 1.85 bits per heavy atom. The molecule has 2 aromatic heterocycles. The molecule has 0 N–H and O–H groups in total. The topological polar surface area (TPSA) is 55.2 Å². The number of aryl methyl sites for hydroxylation is 2. The molecule has 2 aromatic rings. The number of carbonyl (C=O) groups is 1. The fourth-order valence-electron chi connectivity index (χ4n) is 4.17. The van der Waals surface area contributed by atoms with Gasteiger partial charge in [0, 0.05) is 37.2 Å². The molecule has 0 spiro atoms. The number of amides is 1. The Labute approximate surface area is 161 Å². The minimum Gasteiger partial charge on any atom is -0.331 e. The number of nitrogens with zero attached hydrogens (tertiary/aromatic N) is 3. The summed E-state index contributed by atoms with van der Waals surface area (Å²) in [4.78, 5) is 32.6. The molecule has 0 aliphatic heterocycles. The third-order valence-corrected chi connectivity index (χ3v) is 5.61. The number of pyridine rings is 2. The van der Waals surface area contributed by atoms with Crippen LogP contribution in [0.4, 0.5) is 0 Å². The largest absolute Gasteiger partial charge is 0.331 e. The van der Waals surface area contributed by atoms with Gasteiger partial charge in [0.1, 0.15) is 5.56 Å². The molecule has 144 valence electrons. The van der Waals surface area contributed by atoms with E-state index in [9.17, 15) is 9.59 Å². The van der Waals surface area contributed by atoms with Crippen molar-refractivity contribution >= 4 is 5.91 Å². The van der Waals surface area contributed by atoms with Crippen LogP contribution in [0.1, 0.15) is 66.2 Å². The van der Waals surface area contributed by atoms with Gasteiger partial charge >= 0.3 is 0 Å². The molecule has 1 amide bonds. The lowest BCUT2D eigenvalue weighted by atomic mass is 9.93. The highest BCUT2D eigenvalue weighted by Gasteiger charge is 2.29. The maximum Gasteiger partial charge on any atom is 0.263 e. The van der Waals surface area contributed by atoms with E-state index < -0.39 is 0 Å². The third-order valence-electron chi connectivity index (χ3n) is 5.61. The molecule has 5 heteroatoms. The molecule has 27 heavy (non-hydrogen) atoms. The molecule has 0 aromatic carbocycles. The number of rotatable bonds is 5. The highest BCUT2D eigenvalue weighted by molar-refractivity contribution is 5.95. The Morgan fingerprint density at radius 3 is 2.48 bits per heavy atom. The highest BCUT2D eigenvalue weighted by atomic mass is 16.2. The predicted octanol–water partition coefficient (Wildman–Crippen LogP) is 3.86. The van der Waals surface area contributed by atoms with Gasteiger partial charge in [-0.25, -0.2) is 0 Å². The van der Waals surface area contributed by atoms with E-state index in [1.54, 1.807) is 17.0 Å². The normalized spacial score (nSPS) is 14.9. The number of hydrogen-bond acceptors (Lipinski definition) is 3. The first-order chi connectivity index (χ1) is 13.0. The molecule has 0 unspecified atom stereocenters. The zero-order valence-corrected chi connectivity index (χ0v) is 16.6. The fourth-order valence-corrected chi connectivity index (χ4v) is 4.17. The Morgan fingerprint density at radius 1 is 1.19 bits per heavy atom. The minimum atomic E-state index is -0.171. The smallest absolute Gasteiger partial charge is 0.263 e. The van der Waals surface area contributed by atoms with Crippen LogP contribution >= 0.6 is 0 Å². The standard InChI is InChI=1S/C22H29N3O2/c1-4-24-17(3)14-16(2)20(21(24)26)22(27)25(19-8-6-5-7-9-19)15-18-10-12-23-13-11-18/h10-14,19H,4-9,15H2,1-3H3. The van der Waals surface area contributed by atoms with E-state index in [2.05, 4.69) is 4.98 Å². The summed E-state index contributed by atoms with van der Waals surface area (Å²) >= 11 is 0. The molecular formula is C22H29N3O2. The fraction of sp³-hybridized carbons (Fsp3) is 0.500. The van der Waals surface area contributed by atoms with E-state index in [-0.39, 0.29) is 17.5 Å². The Hall–Kier alpha value is -2.43. The second kappa shape index (κ2) is 8.51. The van der Waals surface area contributed by atoms with Gasteiger partial charge in [0.05, 0.1) is 0 Å². The molecule has 1 fully saturated rings. The number of aromatic nitrogens is 2. The van der Waals surface area contributed by atoms with Gasteiger partial charge in [-0.05, 0) is 62.9 Å². The zero-order chi connectivity index (χ0) is 19.4. The van der Waals surface area contributed by atoms with Crippen molar-refractivity contribution in [1.82, 2.24) is 14.5 Å². The van der Waals surface area contributed by atoms with Crippen LogP contribution in [0.2, 0.25) is 0 Å². The van der Waals surface area contributed by atoms with Crippen LogP contribution in [0.5, 0.6) is 0 Å². The van der Waals surface area contributed by atoms with Crippen LogP contribution in [-0.4, -0.2) is 26.4 Å². The molecular weight excluding hydrogens is 338 g/mol. The molecule has 1 aliphatic carbocycles. The first kappa shape index (κ1) is 19.3. The van der Waals surface area contributed by atoms with Crippen LogP contribution in [0.25, 0.3) is 0 Å². The van der Waals surface area contributed by atoms with E-state index in [1.807, 2.05) is 43.9 Å². The molecule has 0 bridgehead atoms. The third kappa shape index (κ3) is 4.12. The molecule has 0 atom stereocenters. The van der Waals surface area contributed by atoms with E-state index in [1.165, 1.54) is 6.42 Å². The van der Waals surface area contributed by atoms with Crippen LogP contribution in [-0.2, 0) is 13.1 Å². The molecule has 1 aliphatic rings. The summed E-state index contributed by atoms with van der Waals surface area (Å²) in [5, 5.41) is 0. The lowest BCUT2D eigenvalue weighted by Gasteiger charge is -2.35. The van der Waals surface area contributed by atoms with Gasteiger partial charge in [0.15, 0.2) is 0 Å². The van der Waals surface area contributed by atoms with Crippen molar-refractivity contribution in [2.45, 2.75) is 72.0 Å². The SMILES string of the molecule is CCn1c(C)cc(C)c(C(=O)N(Cc2ccncc2)C2CCCCC2)c1=O. The Balaban J connectivity index is 2.01. The molecule has 2 heterocycles. The molecule has 3 rings (SSSR count). The van der Waals surface area contributed by atoms with Crippen molar-refractivity contribution in [2.75, 3.05) is 0 Å². The van der Waals surface area contributed by atoms with Gasteiger partial charge in [-0.3, -0.25) is 14.6 Å². The first-order valence-electron chi connectivity index (χ1n) is 9.93. The van der Waals surface area contributed by atoms with Gasteiger partial charge in [-0.15, -0.1) is 0 Å². The van der Waals surface area contributed by atoms with Gasteiger partial charge < -0.3 is 9.47 Å². The minimum absolute atomic E-state index is 0.136. The first-order valence-corrected chi connectivity index (χ1v) is 9.93. The quantitative estimate of drug-likeness (QED) is 0.806. The monoisotopic (exact) mass is 367 g/mol. The summed E-state index contributed by atoms with van der Waals surface area (Å²) in [7, 11) is 0. The molecule has 5 nitrogen and oxygen atoms in total. The van der Waals surface area contributed by atoms with Gasteiger partial charge in [0.2, 0.25) is 0 Å². The second-order valence-corrected chi connectivity index (χ2v) is 7.47. The summed E-state index contributed by atoms with van der Waals surface area (Å²) < 4.78 is 1.69. The number of hydrogen-bond donors (Lipinski definition) is 0. The molecule has 0 saturated heterocycles. The summed E-state index contributed by atoms with van der Waals surface area (Å²) in [6, 6.07) is 6.02. The predicted molar refractivity (Wildman–Crippen MR) is 107 cm³/mol. The van der Waals surface area contributed by atoms with Gasteiger partial charge in [0.25, 0.3) is 11.5 Å². The summed E-state index contributed by atoms with van der Waals surface area (Å²) in [5.41, 5.74) is 2.86. The van der Waals surface area contributed by atoms with Crippen molar-refractivity contribution in [1.29, 1.82) is 0 Å². The average Bonchev–Trinajstić information content (AvgIpc) is 2.67. The van der Waals surface area contributed by atoms with Crippen LogP contribution in [0.3, 0.4) is 0 Å². The van der Waals surface area contributed by atoms with Crippen molar-refractivity contribution in [3.8, 4) is 0 Å². The maximum atomic E-state index is 13.6. The van der Waals surface area contributed by atoms with E-state index in [0.29, 0.717) is 18.7 Å². The average molecular weight is 367 g/mol. The molecule has 0 radical (unpaired) electrons. The summed E-state index contributed by atoms with van der Waals surface area (Å²) in [6.07, 6.45) is 9.00. The van der Waals surface area contributed by atoms with E-state index in [4.69, 9.17) is 0 Å². The number of carbonyl (C=O) groups excluding carboxylic acids is 1. The zero-order valence-electron chi connectivity index (χ0n) is 16.6. The van der Waals surface area contributed by atoms with Gasteiger partial charge in [-0.2, -0.15) is 0 Å². The van der Waals surface area contributed by atoms with Crippen molar-refractivity contribution in [3.05, 3.63) is 63.3 Å². The van der Waals surface area contributed by atoms with Crippen molar-refractivity contribution < 1.29 is 4.79 Å². The van der Waals surface area contributed by atoms with Crippen molar-refractivity contribution in [3.63, 3.8) is 0 Å². The lowest BCUT2D eigenvalue weighted by Crippen LogP contribution is -2.44. The highest BCUT2D eigenvalue weighted by Crippen LogP contribution is 2.26. The Bertz CT molecular complexity index is 852. The molecule has 1 saturated carbocycles. The van der Waals surface area contributed by atoms with Crippen LogP contribution in [0, 0.1) is 13.8 Å². The summed E-state index contributed by atoms with van der Waals surface area (Å²) in [6.45, 7) is 6.81. The second-order valence-electron chi connectivity index (χ2n) is 7.47. The van der Waals surface area contributed by atoms with Crippen molar-refractivity contribution in [2.24, 2.45) is 0 Å². The Kier molecular flexibility index (Phi) is 6.09. The maximum absolute atomic E-state index is 13.6. The van der Waals surface area contributed by atoms with E-state index >= 15 is 0 Å².